The summed E-state index contributed by atoms with van der Waals surface area (Å²) >= 11 is 1.47. The summed E-state index contributed by atoms with van der Waals surface area (Å²) in [5.41, 5.74) is 5.43. The first kappa shape index (κ1) is 40.6. The van der Waals surface area contributed by atoms with Crippen molar-refractivity contribution < 1.29 is 24.2 Å². The number of hydrogen-bond donors (Lipinski definition) is 0. The molecule has 0 aromatic heterocycles. The fraction of sp³-hybridized carbons (Fsp3) is 0.0566. The summed E-state index contributed by atoms with van der Waals surface area (Å²) in [5.74, 6) is 0.567. The monoisotopic (exact) mass is 838 g/mol. The van der Waals surface area contributed by atoms with Crippen molar-refractivity contribution in [3.63, 3.8) is 0 Å². The SMILES string of the molecule is Cl.Cl.[C-]1=CC=CC1.[Zr+2]=[C](C(c1ccccc1)c1ccccc1)C(c1ccccc1)c1ccccc1.c1ccc2c(c1)[cH-]c1c3ccccc3c3ccccc3c21. The van der Waals surface area contributed by atoms with Crippen LogP contribution in [0.25, 0.3) is 43.1 Å². The summed E-state index contributed by atoms with van der Waals surface area (Å²) in [4.78, 5) is 0. The third-order valence-electron chi connectivity index (χ3n) is 10.2. The van der Waals surface area contributed by atoms with Crippen molar-refractivity contribution in [2.24, 2.45) is 0 Å². The van der Waals surface area contributed by atoms with Crippen LogP contribution in [0, 0.1) is 6.08 Å². The second kappa shape index (κ2) is 19.7. The Morgan fingerprint density at radius 2 is 0.821 bits per heavy atom. The van der Waals surface area contributed by atoms with Crippen molar-refractivity contribution in [2.45, 2.75) is 18.3 Å². The van der Waals surface area contributed by atoms with Crippen LogP contribution in [-0.2, 0) is 24.2 Å². The van der Waals surface area contributed by atoms with Gasteiger partial charge >= 0.3 is 183 Å². The molecule has 1 aliphatic carbocycles. The van der Waals surface area contributed by atoms with Crippen LogP contribution in [-0.4, -0.2) is 3.21 Å². The molecule has 0 aliphatic heterocycles. The van der Waals surface area contributed by atoms with Crippen molar-refractivity contribution in [1.82, 2.24) is 0 Å². The first-order valence-corrected chi connectivity index (χ1v) is 19.9. The van der Waals surface area contributed by atoms with Gasteiger partial charge in [0.05, 0.1) is 0 Å². The van der Waals surface area contributed by atoms with Gasteiger partial charge in [-0.3, -0.25) is 6.08 Å². The van der Waals surface area contributed by atoms with Crippen LogP contribution in [0.1, 0.15) is 40.5 Å². The van der Waals surface area contributed by atoms with Crippen molar-refractivity contribution in [2.75, 3.05) is 0 Å². The average molecular weight is 841 g/mol. The number of allylic oxidation sites excluding steroid dienone is 4. The second-order valence-corrected chi connectivity index (χ2v) is 15.0. The molecular weight excluding hydrogens is 799 g/mol. The smallest absolute Gasteiger partial charge is 0.0255 e. The molecule has 0 spiro atoms. The van der Waals surface area contributed by atoms with Crippen molar-refractivity contribution in [3.05, 3.63) is 247 Å². The molecule has 3 heteroatoms. The molecule has 10 rings (SSSR count). The normalized spacial score (nSPS) is 11.5. The van der Waals surface area contributed by atoms with E-state index in [1.165, 1.54) is 92.8 Å². The van der Waals surface area contributed by atoms with E-state index in [1.54, 1.807) is 0 Å². The van der Waals surface area contributed by atoms with Gasteiger partial charge in [-0.1, -0.05) is 77.5 Å². The van der Waals surface area contributed by atoms with E-state index in [0.717, 1.165) is 6.42 Å². The third-order valence-corrected chi connectivity index (χ3v) is 11.7. The molecule has 0 bridgehead atoms. The Morgan fingerprint density at radius 1 is 0.446 bits per heavy atom. The predicted octanol–water partition coefficient (Wildman–Crippen LogP) is 14.5. The van der Waals surface area contributed by atoms with Crippen LogP contribution in [0.2, 0.25) is 0 Å². The quantitative estimate of drug-likeness (QED) is 0.116. The second-order valence-electron chi connectivity index (χ2n) is 13.6. The van der Waals surface area contributed by atoms with E-state index in [0.29, 0.717) is 0 Å². The van der Waals surface area contributed by atoms with E-state index >= 15 is 0 Å². The molecule has 0 saturated carbocycles. The molecule has 0 nitrogen and oxygen atoms in total. The van der Waals surface area contributed by atoms with Crippen LogP contribution in [0.15, 0.2) is 218 Å². The number of benzene rings is 8. The zero-order valence-electron chi connectivity index (χ0n) is 31.0. The number of hydrogen-bond acceptors (Lipinski definition) is 0. The Balaban J connectivity index is 0.000000167. The standard InChI is InChI=1S/C27H22.C21H13.C5H5.2ClH.Zr/c1-5-13-22(14-6-1)26(23-15-7-2-8-16-23)21-27(24-17-9-3-10-18-24)25-19-11-4-12-20-25;1-2-8-15-14(7-1)13-20-18-11-4-3-9-16(18)17-10-5-6-12-19(17)21(15)20;1-2-4-5-3-1;;;/h1-20,26-27H;1-13H;1-3H,4H2;2*1H;/q;2*-1;;;+2. The van der Waals surface area contributed by atoms with Gasteiger partial charge in [0.15, 0.2) is 0 Å². The van der Waals surface area contributed by atoms with Gasteiger partial charge in [0.1, 0.15) is 0 Å². The topological polar surface area (TPSA) is 0 Å². The van der Waals surface area contributed by atoms with E-state index in [4.69, 9.17) is 0 Å². The first-order chi connectivity index (χ1) is 26.8. The minimum Gasteiger partial charge on any atom is -0.126 e. The van der Waals surface area contributed by atoms with E-state index in [9.17, 15) is 0 Å². The maximum Gasteiger partial charge on any atom is -0.0255 e. The third kappa shape index (κ3) is 8.83. The molecule has 0 atom stereocenters. The first-order valence-electron chi connectivity index (χ1n) is 18.7. The van der Waals surface area contributed by atoms with E-state index in [1.807, 2.05) is 12.2 Å². The summed E-state index contributed by atoms with van der Waals surface area (Å²) in [6.45, 7) is 0. The van der Waals surface area contributed by atoms with E-state index in [2.05, 4.69) is 212 Å². The zero-order valence-corrected chi connectivity index (χ0v) is 35.1. The molecule has 272 valence electrons. The number of fused-ring (bicyclic) bond motifs is 8. The average Bonchev–Trinajstić information content (AvgIpc) is 3.96. The summed E-state index contributed by atoms with van der Waals surface area (Å²) < 4.78 is 1.53. The van der Waals surface area contributed by atoms with E-state index in [-0.39, 0.29) is 36.6 Å². The molecule has 0 amide bonds. The van der Waals surface area contributed by atoms with Crippen LogP contribution in [0.3, 0.4) is 0 Å². The molecule has 0 heterocycles. The van der Waals surface area contributed by atoms with Crippen molar-refractivity contribution >= 4 is 71.1 Å². The molecular formula is C53H42Cl2Zr. The summed E-state index contributed by atoms with van der Waals surface area (Å²) in [6, 6.07) is 72.1. The largest absolute Gasteiger partial charge is 0.126 e. The van der Waals surface area contributed by atoms with Gasteiger partial charge in [-0.05, 0) is 10.8 Å². The number of rotatable bonds is 6. The zero-order chi connectivity index (χ0) is 36.5. The molecule has 0 saturated heterocycles. The number of halogens is 2. The molecule has 1 aliphatic rings. The van der Waals surface area contributed by atoms with Crippen LogP contribution < -0.4 is 0 Å². The van der Waals surface area contributed by atoms with Gasteiger partial charge < -0.3 is 0 Å². The van der Waals surface area contributed by atoms with Gasteiger partial charge in [0, 0.05) is 0 Å². The predicted molar refractivity (Wildman–Crippen MR) is 243 cm³/mol. The minimum atomic E-state index is 0. The Kier molecular flexibility index (Phi) is 14.3. The van der Waals surface area contributed by atoms with Crippen LogP contribution >= 0.6 is 24.8 Å². The summed E-state index contributed by atoms with van der Waals surface area (Å²) in [6.07, 6.45) is 10.0. The maximum atomic E-state index is 2.99. The van der Waals surface area contributed by atoms with Gasteiger partial charge in [0.2, 0.25) is 0 Å². The molecule has 0 fully saturated rings. The molecule has 56 heavy (non-hydrogen) atoms. The van der Waals surface area contributed by atoms with Gasteiger partial charge in [-0.2, -0.15) is 6.08 Å². The van der Waals surface area contributed by atoms with Crippen LogP contribution in [0.5, 0.6) is 0 Å². The van der Waals surface area contributed by atoms with Crippen molar-refractivity contribution in [3.8, 4) is 0 Å². The Hall–Kier alpha value is -5.04. The minimum absolute atomic E-state index is 0. The Bertz CT molecular complexity index is 2520. The molecule has 0 N–H and O–H groups in total. The molecule has 0 radical (unpaired) electrons. The van der Waals surface area contributed by atoms with Gasteiger partial charge in [0.25, 0.3) is 0 Å². The molecule has 0 unspecified atom stereocenters. The van der Waals surface area contributed by atoms with Crippen molar-refractivity contribution in [1.29, 1.82) is 0 Å². The molecule has 9 aromatic carbocycles. The van der Waals surface area contributed by atoms with E-state index < -0.39 is 0 Å². The summed E-state index contributed by atoms with van der Waals surface area (Å²) in [7, 11) is 0. The van der Waals surface area contributed by atoms with Gasteiger partial charge in [-0.15, -0.1) is 64.9 Å². The van der Waals surface area contributed by atoms with Gasteiger partial charge in [-0.25, -0.2) is 12.2 Å². The fourth-order valence-corrected chi connectivity index (χ4v) is 9.45. The Morgan fingerprint density at radius 3 is 1.23 bits per heavy atom. The Labute approximate surface area is 357 Å². The molecule has 9 aromatic rings. The van der Waals surface area contributed by atoms with Crippen LogP contribution in [0.4, 0.5) is 0 Å². The summed E-state index contributed by atoms with van der Waals surface area (Å²) in [5, 5.41) is 10.8. The fourth-order valence-electron chi connectivity index (χ4n) is 7.81. The maximum absolute atomic E-state index is 2.99.